The quantitative estimate of drug-likeness (QED) is 0.160. The van der Waals surface area contributed by atoms with Crippen LogP contribution in [0.1, 0.15) is 11.1 Å². The molecule has 0 N–H and O–H groups in total. The highest BCUT2D eigenvalue weighted by Gasteiger charge is 2.35. The van der Waals surface area contributed by atoms with Crippen molar-refractivity contribution in [3.05, 3.63) is 103 Å². The van der Waals surface area contributed by atoms with Gasteiger partial charge in [0.05, 0.1) is 20.8 Å². The van der Waals surface area contributed by atoms with E-state index in [-0.39, 0.29) is 33.0 Å². The zero-order valence-electron chi connectivity index (χ0n) is 17.7. The minimum atomic E-state index is -4.24. The summed E-state index contributed by atoms with van der Waals surface area (Å²) < 4.78 is 30.6. The number of thioether (sulfide) groups is 1. The predicted molar refractivity (Wildman–Crippen MR) is 133 cm³/mol. The van der Waals surface area contributed by atoms with E-state index in [2.05, 4.69) is 15.9 Å². The summed E-state index contributed by atoms with van der Waals surface area (Å²) in [4.78, 5) is 36.4. The number of hydrogen-bond donors (Lipinski definition) is 0. The molecule has 0 saturated carbocycles. The Hall–Kier alpha value is -3.48. The molecule has 1 saturated heterocycles. The average molecular weight is 575 g/mol. The van der Waals surface area contributed by atoms with Crippen molar-refractivity contribution < 1.29 is 27.1 Å². The molecule has 0 unspecified atom stereocenters. The van der Waals surface area contributed by atoms with Crippen molar-refractivity contribution in [2.75, 3.05) is 0 Å². The number of nitro groups is 1. The van der Waals surface area contributed by atoms with Gasteiger partial charge in [-0.3, -0.25) is 24.6 Å². The number of carbonyl (C=O) groups is 2. The highest BCUT2D eigenvalue weighted by atomic mass is 79.9. The molecule has 9 nitrogen and oxygen atoms in total. The van der Waals surface area contributed by atoms with Gasteiger partial charge in [-0.15, -0.1) is 0 Å². The Labute approximate surface area is 212 Å². The van der Waals surface area contributed by atoms with Crippen LogP contribution < -0.4 is 4.18 Å². The Kier molecular flexibility index (Phi) is 7.05. The van der Waals surface area contributed by atoms with Crippen molar-refractivity contribution in [2.45, 2.75) is 11.4 Å². The van der Waals surface area contributed by atoms with Crippen LogP contribution in [0.15, 0.2) is 87.1 Å². The van der Waals surface area contributed by atoms with Crippen LogP contribution in [0.2, 0.25) is 0 Å². The SMILES string of the molecule is O=C1S/C(=C\c2ccc(OS(=O)(=O)c3ccc([N+](=O)[O-])cc3)c(Br)c2)C(=O)N1Cc1ccccc1. The summed E-state index contributed by atoms with van der Waals surface area (Å²) in [6, 6.07) is 17.9. The second-order valence-corrected chi connectivity index (χ2v) is 10.6. The molecule has 0 radical (unpaired) electrons. The monoisotopic (exact) mass is 574 g/mol. The van der Waals surface area contributed by atoms with E-state index in [1.165, 1.54) is 18.2 Å². The van der Waals surface area contributed by atoms with Gasteiger partial charge >= 0.3 is 10.1 Å². The van der Waals surface area contributed by atoms with E-state index < -0.39 is 20.9 Å². The Morgan fingerprint density at radius 1 is 1.03 bits per heavy atom. The lowest BCUT2D eigenvalue weighted by atomic mass is 10.2. The number of hydrogen-bond acceptors (Lipinski definition) is 8. The number of halogens is 1. The Balaban J connectivity index is 1.50. The third kappa shape index (κ3) is 5.61. The van der Waals surface area contributed by atoms with Crippen LogP contribution in [0.3, 0.4) is 0 Å². The van der Waals surface area contributed by atoms with Gasteiger partial charge in [0.25, 0.3) is 16.8 Å². The summed E-state index contributed by atoms with van der Waals surface area (Å²) in [5.74, 6) is -0.432. The summed E-state index contributed by atoms with van der Waals surface area (Å²) in [6.45, 7) is 0.166. The second kappa shape index (κ2) is 10.0. The number of carbonyl (C=O) groups excluding carboxylic acids is 2. The molecule has 1 heterocycles. The van der Waals surface area contributed by atoms with Crippen molar-refractivity contribution in [1.29, 1.82) is 0 Å². The third-order valence-corrected chi connectivity index (χ3v) is 7.62. The van der Waals surface area contributed by atoms with Crippen molar-refractivity contribution in [3.63, 3.8) is 0 Å². The second-order valence-electron chi connectivity index (χ2n) is 7.23. The molecule has 4 rings (SSSR count). The van der Waals surface area contributed by atoms with Crippen LogP contribution in [0.5, 0.6) is 5.75 Å². The number of nitro benzene ring substituents is 1. The molecule has 1 aliphatic heterocycles. The summed E-state index contributed by atoms with van der Waals surface area (Å²) in [5, 5.41) is 10.4. The summed E-state index contributed by atoms with van der Waals surface area (Å²) in [7, 11) is -4.24. The van der Waals surface area contributed by atoms with Crippen LogP contribution in [0, 0.1) is 10.1 Å². The van der Waals surface area contributed by atoms with E-state index in [1.54, 1.807) is 6.07 Å². The Bertz CT molecular complexity index is 1460. The number of non-ortho nitro benzene ring substituents is 1. The minimum Gasteiger partial charge on any atom is -0.378 e. The fourth-order valence-corrected chi connectivity index (χ4v) is 5.50. The van der Waals surface area contributed by atoms with Crippen LogP contribution in [0.4, 0.5) is 10.5 Å². The first-order valence-corrected chi connectivity index (χ1v) is 12.9. The van der Waals surface area contributed by atoms with E-state index in [4.69, 9.17) is 4.18 Å². The molecule has 35 heavy (non-hydrogen) atoms. The van der Waals surface area contributed by atoms with Gasteiger partial charge in [0.15, 0.2) is 5.75 Å². The molecule has 0 atom stereocenters. The lowest BCUT2D eigenvalue weighted by Crippen LogP contribution is -2.27. The first kappa shape index (κ1) is 24.6. The Morgan fingerprint density at radius 2 is 1.71 bits per heavy atom. The largest absolute Gasteiger partial charge is 0.378 e. The average Bonchev–Trinajstić information content (AvgIpc) is 3.09. The van der Waals surface area contributed by atoms with Gasteiger partial charge in [0.2, 0.25) is 0 Å². The van der Waals surface area contributed by atoms with E-state index >= 15 is 0 Å². The normalized spacial score (nSPS) is 15.0. The smallest absolute Gasteiger partial charge is 0.339 e. The van der Waals surface area contributed by atoms with Crippen molar-refractivity contribution in [2.24, 2.45) is 0 Å². The molecular weight excluding hydrogens is 560 g/mol. The maximum Gasteiger partial charge on any atom is 0.339 e. The first-order chi connectivity index (χ1) is 16.6. The standard InChI is InChI=1S/C23H15BrN2O7S2/c24-19-12-16(13-21-22(27)25(23(28)34-21)14-15-4-2-1-3-5-15)6-11-20(19)33-35(31,32)18-9-7-17(8-10-18)26(29)30/h1-13H,14H2/b21-13-. The molecule has 0 aromatic heterocycles. The van der Waals surface area contributed by atoms with Crippen molar-refractivity contribution >= 4 is 60.7 Å². The van der Waals surface area contributed by atoms with Gasteiger partial charge in [-0.05, 0) is 69.2 Å². The van der Waals surface area contributed by atoms with Gasteiger partial charge in [-0.2, -0.15) is 8.42 Å². The van der Waals surface area contributed by atoms with Crippen LogP contribution >= 0.6 is 27.7 Å². The summed E-state index contributed by atoms with van der Waals surface area (Å²) in [5.41, 5.74) is 1.12. The maximum absolute atomic E-state index is 12.7. The molecule has 2 amide bonds. The minimum absolute atomic E-state index is 0.0160. The molecule has 0 spiro atoms. The molecule has 0 bridgehead atoms. The number of nitrogens with zero attached hydrogens (tertiary/aromatic N) is 2. The fraction of sp³-hybridized carbons (Fsp3) is 0.0435. The maximum atomic E-state index is 12.7. The third-order valence-electron chi connectivity index (χ3n) is 4.85. The Morgan fingerprint density at radius 3 is 2.34 bits per heavy atom. The van der Waals surface area contributed by atoms with E-state index in [9.17, 15) is 28.1 Å². The molecule has 1 fully saturated rings. The van der Waals surface area contributed by atoms with Gasteiger partial charge in [-0.25, -0.2) is 0 Å². The zero-order valence-corrected chi connectivity index (χ0v) is 20.9. The molecule has 12 heteroatoms. The van der Waals surface area contributed by atoms with Gasteiger partial charge < -0.3 is 4.18 Å². The van der Waals surface area contributed by atoms with E-state index in [1.807, 2.05) is 30.3 Å². The topological polar surface area (TPSA) is 124 Å². The van der Waals surface area contributed by atoms with Crippen LogP contribution in [-0.2, 0) is 21.5 Å². The molecule has 3 aromatic rings. The summed E-state index contributed by atoms with van der Waals surface area (Å²) in [6.07, 6.45) is 1.54. The van der Waals surface area contributed by atoms with Crippen LogP contribution in [0.25, 0.3) is 6.08 Å². The lowest BCUT2D eigenvalue weighted by molar-refractivity contribution is -0.384. The van der Waals surface area contributed by atoms with Gasteiger partial charge in [-0.1, -0.05) is 36.4 Å². The fourth-order valence-electron chi connectivity index (χ4n) is 3.13. The number of benzene rings is 3. The van der Waals surface area contributed by atoms with Crippen molar-refractivity contribution in [1.82, 2.24) is 4.90 Å². The number of amides is 2. The predicted octanol–water partition coefficient (Wildman–Crippen LogP) is 5.36. The van der Waals surface area contributed by atoms with E-state index in [0.29, 0.717) is 10.0 Å². The van der Waals surface area contributed by atoms with Gasteiger partial charge in [0.1, 0.15) is 4.90 Å². The molecular formula is C23H15BrN2O7S2. The molecule has 178 valence electrons. The molecule has 1 aliphatic rings. The van der Waals surface area contributed by atoms with E-state index in [0.717, 1.165) is 46.5 Å². The number of imide groups is 1. The zero-order chi connectivity index (χ0) is 25.2. The summed E-state index contributed by atoms with van der Waals surface area (Å²) >= 11 is 4.08. The molecule has 0 aliphatic carbocycles. The first-order valence-electron chi connectivity index (χ1n) is 9.92. The van der Waals surface area contributed by atoms with Crippen molar-refractivity contribution in [3.8, 4) is 5.75 Å². The van der Waals surface area contributed by atoms with Crippen LogP contribution in [-0.4, -0.2) is 29.4 Å². The van der Waals surface area contributed by atoms with Gasteiger partial charge in [0, 0.05) is 12.1 Å². The highest BCUT2D eigenvalue weighted by Crippen LogP contribution is 2.35. The lowest BCUT2D eigenvalue weighted by Gasteiger charge is -2.12. The number of rotatable bonds is 7. The highest BCUT2D eigenvalue weighted by molar-refractivity contribution is 9.10. The molecule has 3 aromatic carbocycles.